The molecular formula is C28H30N4O7S. The Morgan fingerprint density at radius 3 is 2.50 bits per heavy atom. The number of aromatic carboxylic acids is 1. The third kappa shape index (κ3) is 5.77. The number of nitrogens with zero attached hydrogens (tertiary/aromatic N) is 2. The van der Waals surface area contributed by atoms with Crippen molar-refractivity contribution in [1.82, 2.24) is 14.5 Å². The van der Waals surface area contributed by atoms with Crippen LogP contribution in [0.4, 0.5) is 5.69 Å². The summed E-state index contributed by atoms with van der Waals surface area (Å²) in [5.41, 5.74) is 2.53. The van der Waals surface area contributed by atoms with Crippen molar-refractivity contribution in [2.45, 2.75) is 52.0 Å². The zero-order valence-electron chi connectivity index (χ0n) is 22.7. The minimum atomic E-state index is -4.14. The zero-order chi connectivity index (χ0) is 29.2. The van der Waals surface area contributed by atoms with Crippen LogP contribution < -0.4 is 14.8 Å². The van der Waals surface area contributed by atoms with Crippen molar-refractivity contribution in [3.05, 3.63) is 82.9 Å². The van der Waals surface area contributed by atoms with Crippen molar-refractivity contribution in [2.24, 2.45) is 0 Å². The number of carboxylic acids is 1. The first-order chi connectivity index (χ1) is 18.9. The first kappa shape index (κ1) is 28.6. The number of furan rings is 1. The molecule has 12 heteroatoms. The van der Waals surface area contributed by atoms with E-state index >= 15 is 0 Å². The second-order valence-corrected chi connectivity index (χ2v) is 11.0. The van der Waals surface area contributed by atoms with Crippen molar-refractivity contribution in [3.63, 3.8) is 0 Å². The highest BCUT2D eigenvalue weighted by molar-refractivity contribution is 7.89. The fourth-order valence-electron chi connectivity index (χ4n) is 3.93. The monoisotopic (exact) mass is 566 g/mol. The Balaban J connectivity index is 1.85. The van der Waals surface area contributed by atoms with Gasteiger partial charge in [-0.2, -0.15) is 9.78 Å². The second kappa shape index (κ2) is 11.4. The number of anilines is 1. The molecule has 1 unspecified atom stereocenters. The highest BCUT2D eigenvalue weighted by atomic mass is 32.2. The summed E-state index contributed by atoms with van der Waals surface area (Å²) in [6.45, 7) is 8.88. The average molecular weight is 567 g/mol. The number of aromatic nitrogens is 2. The van der Waals surface area contributed by atoms with E-state index in [9.17, 15) is 23.1 Å². The van der Waals surface area contributed by atoms with Gasteiger partial charge in [-0.25, -0.2) is 17.9 Å². The van der Waals surface area contributed by atoms with E-state index in [1.807, 2.05) is 26.8 Å². The lowest BCUT2D eigenvalue weighted by Gasteiger charge is -2.18. The maximum atomic E-state index is 13.5. The summed E-state index contributed by atoms with van der Waals surface area (Å²) in [5, 5.41) is 16.7. The van der Waals surface area contributed by atoms with Crippen LogP contribution in [0.2, 0.25) is 0 Å². The number of amides is 1. The Labute approximate surface area is 231 Å². The van der Waals surface area contributed by atoms with E-state index in [2.05, 4.69) is 15.1 Å². The summed E-state index contributed by atoms with van der Waals surface area (Å²) >= 11 is 0. The van der Waals surface area contributed by atoms with Crippen molar-refractivity contribution in [3.8, 4) is 17.3 Å². The third-order valence-corrected chi connectivity index (χ3v) is 8.10. The van der Waals surface area contributed by atoms with Gasteiger partial charge in [0.15, 0.2) is 11.5 Å². The Morgan fingerprint density at radius 1 is 1.10 bits per heavy atom. The van der Waals surface area contributed by atoms with Gasteiger partial charge in [-0.3, -0.25) is 4.79 Å². The van der Waals surface area contributed by atoms with Crippen molar-refractivity contribution < 1.29 is 32.3 Å². The van der Waals surface area contributed by atoms with Crippen molar-refractivity contribution in [1.29, 1.82) is 0 Å². The molecule has 2 aromatic carbocycles. The van der Waals surface area contributed by atoms with Gasteiger partial charge in [-0.15, -0.1) is 0 Å². The number of carboxylic acid groups (broad SMARTS) is 1. The first-order valence-electron chi connectivity index (χ1n) is 12.5. The SMILES string of the molecule is CCC(C)NS(=O)(=O)c1cc(NC(=O)c2ccco2)ccc1Oc1c(C)c(C(=O)O)nn1-c1cccc(C)c1C. The number of carbonyl (C=O) groups is 2. The number of ether oxygens (including phenoxy) is 1. The van der Waals surface area contributed by atoms with E-state index in [4.69, 9.17) is 9.15 Å². The summed E-state index contributed by atoms with van der Waals surface area (Å²) in [4.78, 5) is 24.2. The third-order valence-electron chi connectivity index (χ3n) is 6.49. The molecule has 0 fully saturated rings. The van der Waals surface area contributed by atoms with Crippen LogP contribution >= 0.6 is 0 Å². The molecule has 0 aliphatic carbocycles. The lowest BCUT2D eigenvalue weighted by atomic mass is 10.1. The van der Waals surface area contributed by atoms with E-state index < -0.39 is 21.9 Å². The molecule has 0 aliphatic heterocycles. The molecule has 11 nitrogen and oxygen atoms in total. The van der Waals surface area contributed by atoms with Gasteiger partial charge in [0.05, 0.1) is 12.0 Å². The molecule has 210 valence electrons. The minimum absolute atomic E-state index is 0.0402. The summed E-state index contributed by atoms with van der Waals surface area (Å²) in [5.74, 6) is -1.81. The van der Waals surface area contributed by atoms with E-state index in [1.165, 1.54) is 42.1 Å². The van der Waals surface area contributed by atoms with Crippen LogP contribution in [-0.4, -0.2) is 41.2 Å². The average Bonchev–Trinajstić information content (AvgIpc) is 3.55. The molecule has 0 bridgehead atoms. The van der Waals surface area contributed by atoms with E-state index in [1.54, 1.807) is 25.1 Å². The fourth-order valence-corrected chi connectivity index (χ4v) is 5.41. The Morgan fingerprint density at radius 2 is 1.85 bits per heavy atom. The molecule has 4 aromatic rings. The predicted octanol–water partition coefficient (Wildman–Crippen LogP) is 5.21. The van der Waals surface area contributed by atoms with E-state index in [0.29, 0.717) is 12.1 Å². The first-order valence-corrected chi connectivity index (χ1v) is 14.0. The van der Waals surface area contributed by atoms with Crippen LogP contribution in [0.5, 0.6) is 11.6 Å². The number of rotatable bonds is 10. The van der Waals surface area contributed by atoms with Crippen LogP contribution in [0, 0.1) is 20.8 Å². The molecular weight excluding hydrogens is 536 g/mol. The molecule has 1 amide bonds. The number of aryl methyl sites for hydroxylation is 1. The van der Waals surface area contributed by atoms with Gasteiger partial charge in [0.1, 0.15) is 10.6 Å². The number of carbonyl (C=O) groups excluding carboxylic acids is 1. The van der Waals surface area contributed by atoms with Crippen molar-refractivity contribution >= 4 is 27.6 Å². The van der Waals surface area contributed by atoms with Crippen LogP contribution in [0.3, 0.4) is 0 Å². The number of sulfonamides is 1. The number of nitrogens with one attached hydrogen (secondary N) is 2. The quantitative estimate of drug-likeness (QED) is 0.236. The summed E-state index contributed by atoms with van der Waals surface area (Å²) in [7, 11) is -4.14. The molecule has 0 saturated heterocycles. The van der Waals surface area contributed by atoms with Gasteiger partial charge in [0.25, 0.3) is 5.91 Å². The maximum Gasteiger partial charge on any atom is 0.356 e. The molecule has 0 spiro atoms. The van der Waals surface area contributed by atoms with E-state index in [0.717, 1.165) is 11.1 Å². The van der Waals surface area contributed by atoms with Gasteiger partial charge < -0.3 is 19.6 Å². The molecule has 40 heavy (non-hydrogen) atoms. The van der Waals surface area contributed by atoms with Crippen LogP contribution in [0.1, 0.15) is 58.0 Å². The zero-order valence-corrected chi connectivity index (χ0v) is 23.5. The molecule has 3 N–H and O–H groups in total. The second-order valence-electron chi connectivity index (χ2n) is 9.34. The van der Waals surface area contributed by atoms with Gasteiger partial charge in [0.2, 0.25) is 15.9 Å². The number of hydrogen-bond acceptors (Lipinski definition) is 7. The largest absolute Gasteiger partial charge is 0.476 e. The Hall–Kier alpha value is -4.42. The van der Waals surface area contributed by atoms with Crippen LogP contribution in [0.25, 0.3) is 5.69 Å². The summed E-state index contributed by atoms with van der Waals surface area (Å²) < 4.78 is 42.2. The molecule has 2 heterocycles. The Kier molecular flexibility index (Phi) is 8.12. The lowest BCUT2D eigenvalue weighted by Crippen LogP contribution is -2.32. The number of benzene rings is 2. The molecule has 0 radical (unpaired) electrons. The highest BCUT2D eigenvalue weighted by Gasteiger charge is 2.28. The highest BCUT2D eigenvalue weighted by Crippen LogP contribution is 2.36. The van der Waals surface area contributed by atoms with Gasteiger partial charge >= 0.3 is 5.97 Å². The minimum Gasteiger partial charge on any atom is -0.476 e. The number of hydrogen-bond donors (Lipinski definition) is 3. The van der Waals surface area contributed by atoms with E-state index in [-0.39, 0.29) is 45.3 Å². The van der Waals surface area contributed by atoms with Gasteiger partial charge in [-0.1, -0.05) is 19.1 Å². The molecule has 0 aliphatic rings. The Bertz CT molecular complexity index is 1670. The molecule has 4 rings (SSSR count). The van der Waals surface area contributed by atoms with Crippen LogP contribution in [-0.2, 0) is 10.0 Å². The molecule has 2 aromatic heterocycles. The van der Waals surface area contributed by atoms with Crippen LogP contribution in [0.15, 0.2) is 64.1 Å². The molecule has 1 atom stereocenters. The normalized spacial score (nSPS) is 12.2. The van der Waals surface area contributed by atoms with Crippen molar-refractivity contribution in [2.75, 3.05) is 5.32 Å². The summed E-state index contributed by atoms with van der Waals surface area (Å²) in [6, 6.07) is 12.3. The van der Waals surface area contributed by atoms with Gasteiger partial charge in [0, 0.05) is 17.3 Å². The van der Waals surface area contributed by atoms with Gasteiger partial charge in [-0.05, 0) is 81.6 Å². The lowest BCUT2D eigenvalue weighted by molar-refractivity contribution is 0.0689. The predicted molar refractivity (Wildman–Crippen MR) is 148 cm³/mol. The topological polar surface area (TPSA) is 153 Å². The summed E-state index contributed by atoms with van der Waals surface area (Å²) in [6.07, 6.45) is 1.88. The fraction of sp³-hybridized carbons (Fsp3) is 0.250. The standard InChI is InChI=1S/C28H30N4O7S/c1-6-17(3)31-40(36,37)24-15-20(29-26(33)23-11-8-14-38-23)12-13-22(24)39-27-19(5)25(28(34)35)30-32(27)21-10-7-9-16(2)18(21)4/h7-15,17,31H,6H2,1-5H3,(H,29,33)(H,34,35). The molecule has 0 saturated carbocycles. The maximum absolute atomic E-state index is 13.5. The smallest absolute Gasteiger partial charge is 0.356 e.